The van der Waals surface area contributed by atoms with E-state index in [-0.39, 0.29) is 0 Å². The van der Waals surface area contributed by atoms with Crippen LogP contribution in [0, 0.1) is 5.41 Å². The molecule has 0 aliphatic rings. The number of aliphatic hydroxyl groups excluding tert-OH is 1. The van der Waals surface area contributed by atoms with E-state index in [1.807, 2.05) is 0 Å². The monoisotopic (exact) mass is 228 g/mol. The Balaban J connectivity index is 4.24. The number of hydrogen-bond acceptors (Lipinski definition) is 1. The van der Waals surface area contributed by atoms with Crippen LogP contribution in [0.5, 0.6) is 0 Å². The largest absolute Gasteiger partial charge is 0.396 e. The quantitative estimate of drug-likeness (QED) is 0.497. The van der Waals surface area contributed by atoms with E-state index in [2.05, 4.69) is 20.8 Å². The van der Waals surface area contributed by atoms with Gasteiger partial charge in [0, 0.05) is 6.61 Å². The molecular formula is C15H32O. The molecule has 0 aromatic heterocycles. The van der Waals surface area contributed by atoms with E-state index in [0.717, 1.165) is 6.42 Å². The number of hydrogen-bond donors (Lipinski definition) is 1. The second-order valence-corrected chi connectivity index (χ2v) is 5.28. The zero-order valence-corrected chi connectivity index (χ0v) is 11.7. The first-order valence-corrected chi connectivity index (χ1v) is 7.35. The van der Waals surface area contributed by atoms with Gasteiger partial charge in [-0.15, -0.1) is 0 Å². The average Bonchev–Trinajstić information content (AvgIpc) is 2.27. The van der Waals surface area contributed by atoms with Crippen LogP contribution in [0.2, 0.25) is 0 Å². The van der Waals surface area contributed by atoms with E-state index in [9.17, 15) is 5.11 Å². The van der Waals surface area contributed by atoms with E-state index in [4.69, 9.17) is 0 Å². The Kier molecular flexibility index (Phi) is 10.1. The first kappa shape index (κ1) is 16.0. The van der Waals surface area contributed by atoms with Crippen LogP contribution in [-0.4, -0.2) is 11.7 Å². The maximum absolute atomic E-state index is 9.28. The molecule has 1 atom stereocenters. The van der Waals surface area contributed by atoms with E-state index < -0.39 is 0 Å². The van der Waals surface area contributed by atoms with Gasteiger partial charge in [0.1, 0.15) is 0 Å². The van der Waals surface area contributed by atoms with Gasteiger partial charge in [-0.05, 0) is 31.1 Å². The fourth-order valence-electron chi connectivity index (χ4n) is 2.82. The van der Waals surface area contributed by atoms with Crippen LogP contribution in [0.25, 0.3) is 0 Å². The molecular weight excluding hydrogens is 196 g/mol. The normalized spacial score (nSPS) is 15.0. The SMILES string of the molecule is CCCCCC(CCC)(CCO)CCCC. The Morgan fingerprint density at radius 2 is 1.31 bits per heavy atom. The Labute approximate surface area is 103 Å². The summed E-state index contributed by atoms with van der Waals surface area (Å²) in [7, 11) is 0. The van der Waals surface area contributed by atoms with Crippen LogP contribution in [0.3, 0.4) is 0 Å². The lowest BCUT2D eigenvalue weighted by Gasteiger charge is -2.33. The van der Waals surface area contributed by atoms with Gasteiger partial charge in [-0.25, -0.2) is 0 Å². The number of rotatable bonds is 11. The lowest BCUT2D eigenvalue weighted by molar-refractivity contribution is 0.137. The topological polar surface area (TPSA) is 20.2 Å². The summed E-state index contributed by atoms with van der Waals surface area (Å²) >= 11 is 0. The molecule has 1 heteroatoms. The van der Waals surface area contributed by atoms with E-state index in [0.29, 0.717) is 12.0 Å². The highest BCUT2D eigenvalue weighted by Gasteiger charge is 2.27. The van der Waals surface area contributed by atoms with Gasteiger partial charge in [-0.3, -0.25) is 0 Å². The highest BCUT2D eigenvalue weighted by molar-refractivity contribution is 4.79. The van der Waals surface area contributed by atoms with Crippen molar-refractivity contribution in [3.63, 3.8) is 0 Å². The molecule has 0 aromatic rings. The molecule has 0 aliphatic carbocycles. The van der Waals surface area contributed by atoms with Crippen LogP contribution >= 0.6 is 0 Å². The summed E-state index contributed by atoms with van der Waals surface area (Å²) < 4.78 is 0. The Morgan fingerprint density at radius 3 is 1.81 bits per heavy atom. The minimum Gasteiger partial charge on any atom is -0.396 e. The minimum absolute atomic E-state index is 0.371. The summed E-state index contributed by atoms with van der Waals surface area (Å²) in [6, 6.07) is 0. The standard InChI is InChI=1S/C15H32O/c1-4-7-9-12-15(10-6-3,13-14-16)11-8-5-2/h16H,4-14H2,1-3H3. The third kappa shape index (κ3) is 6.52. The van der Waals surface area contributed by atoms with Crippen molar-refractivity contribution in [2.24, 2.45) is 5.41 Å². The van der Waals surface area contributed by atoms with E-state index >= 15 is 0 Å². The Bertz CT molecular complexity index is 136. The molecule has 0 saturated heterocycles. The molecule has 0 radical (unpaired) electrons. The fourth-order valence-corrected chi connectivity index (χ4v) is 2.82. The molecule has 0 amide bonds. The molecule has 0 rings (SSSR count). The van der Waals surface area contributed by atoms with Gasteiger partial charge >= 0.3 is 0 Å². The third-order valence-corrected chi connectivity index (χ3v) is 3.79. The molecule has 1 nitrogen and oxygen atoms in total. The third-order valence-electron chi connectivity index (χ3n) is 3.79. The molecule has 98 valence electrons. The summed E-state index contributed by atoms with van der Waals surface area (Å²) in [6.07, 6.45) is 12.8. The van der Waals surface area contributed by atoms with Crippen molar-refractivity contribution in [2.45, 2.75) is 85.0 Å². The molecule has 0 aromatic carbocycles. The van der Waals surface area contributed by atoms with Crippen molar-refractivity contribution < 1.29 is 5.11 Å². The van der Waals surface area contributed by atoms with Crippen LogP contribution in [-0.2, 0) is 0 Å². The molecule has 1 N–H and O–H groups in total. The number of aliphatic hydroxyl groups is 1. The Hall–Kier alpha value is -0.0400. The van der Waals surface area contributed by atoms with Gasteiger partial charge in [0.15, 0.2) is 0 Å². The summed E-state index contributed by atoms with van der Waals surface area (Å²) in [5.41, 5.74) is 0.453. The van der Waals surface area contributed by atoms with Gasteiger partial charge in [-0.1, -0.05) is 59.3 Å². The van der Waals surface area contributed by atoms with E-state index in [1.165, 1.54) is 57.8 Å². The zero-order chi connectivity index (χ0) is 12.3. The summed E-state index contributed by atoms with van der Waals surface area (Å²) in [4.78, 5) is 0. The van der Waals surface area contributed by atoms with Crippen LogP contribution < -0.4 is 0 Å². The number of unbranched alkanes of at least 4 members (excludes halogenated alkanes) is 3. The molecule has 0 heterocycles. The molecule has 0 bridgehead atoms. The highest BCUT2D eigenvalue weighted by atomic mass is 16.3. The van der Waals surface area contributed by atoms with Crippen LogP contribution in [0.4, 0.5) is 0 Å². The maximum atomic E-state index is 9.28. The summed E-state index contributed by atoms with van der Waals surface area (Å²) in [5.74, 6) is 0. The molecule has 0 spiro atoms. The molecule has 0 fully saturated rings. The highest BCUT2D eigenvalue weighted by Crippen LogP contribution is 2.39. The summed E-state index contributed by atoms with van der Waals surface area (Å²) in [5, 5.41) is 9.28. The van der Waals surface area contributed by atoms with Crippen molar-refractivity contribution in [3.05, 3.63) is 0 Å². The predicted octanol–water partition coefficient (Wildman–Crippen LogP) is 4.93. The smallest absolute Gasteiger partial charge is 0.0436 e. The van der Waals surface area contributed by atoms with Gasteiger partial charge in [0.25, 0.3) is 0 Å². The van der Waals surface area contributed by atoms with Crippen LogP contribution in [0.15, 0.2) is 0 Å². The van der Waals surface area contributed by atoms with Crippen molar-refractivity contribution in [1.82, 2.24) is 0 Å². The fraction of sp³-hybridized carbons (Fsp3) is 1.00. The summed E-state index contributed by atoms with van der Waals surface area (Å²) in [6.45, 7) is 7.18. The van der Waals surface area contributed by atoms with Crippen molar-refractivity contribution in [1.29, 1.82) is 0 Å². The van der Waals surface area contributed by atoms with Crippen molar-refractivity contribution >= 4 is 0 Å². The van der Waals surface area contributed by atoms with Gasteiger partial charge in [0.2, 0.25) is 0 Å². The average molecular weight is 228 g/mol. The van der Waals surface area contributed by atoms with Crippen LogP contribution in [0.1, 0.15) is 85.0 Å². The molecule has 0 aliphatic heterocycles. The van der Waals surface area contributed by atoms with E-state index in [1.54, 1.807) is 0 Å². The second kappa shape index (κ2) is 10.1. The van der Waals surface area contributed by atoms with Crippen molar-refractivity contribution in [3.8, 4) is 0 Å². The second-order valence-electron chi connectivity index (χ2n) is 5.28. The first-order valence-electron chi connectivity index (χ1n) is 7.35. The lowest BCUT2D eigenvalue weighted by atomic mass is 9.72. The lowest BCUT2D eigenvalue weighted by Crippen LogP contribution is -2.22. The van der Waals surface area contributed by atoms with Crippen molar-refractivity contribution in [2.75, 3.05) is 6.61 Å². The predicted molar refractivity (Wildman–Crippen MR) is 72.7 cm³/mol. The first-order chi connectivity index (χ1) is 7.74. The molecule has 16 heavy (non-hydrogen) atoms. The van der Waals surface area contributed by atoms with Gasteiger partial charge in [0.05, 0.1) is 0 Å². The zero-order valence-electron chi connectivity index (χ0n) is 11.7. The maximum Gasteiger partial charge on any atom is 0.0436 e. The van der Waals surface area contributed by atoms with Gasteiger partial charge in [-0.2, -0.15) is 0 Å². The van der Waals surface area contributed by atoms with Gasteiger partial charge < -0.3 is 5.11 Å². The Morgan fingerprint density at radius 1 is 0.688 bits per heavy atom. The molecule has 0 saturated carbocycles. The molecule has 1 unspecified atom stereocenters. The minimum atomic E-state index is 0.371.